The summed E-state index contributed by atoms with van der Waals surface area (Å²) < 4.78 is 0. The number of nitrogens with zero attached hydrogens (tertiary/aromatic N) is 1. The van der Waals surface area contributed by atoms with Crippen LogP contribution in [0.5, 0.6) is 0 Å². The van der Waals surface area contributed by atoms with E-state index in [0.29, 0.717) is 12.6 Å². The fraction of sp³-hybridized carbons (Fsp3) is 0.929. The Morgan fingerprint density at radius 3 is 2.41 bits per heavy atom. The van der Waals surface area contributed by atoms with Gasteiger partial charge in [0.2, 0.25) is 0 Å². The molecule has 0 spiro atoms. The molecule has 0 aromatic carbocycles. The smallest absolute Gasteiger partial charge is 0.310 e. The van der Waals surface area contributed by atoms with E-state index in [1.54, 1.807) is 0 Å². The second-order valence-corrected chi connectivity index (χ2v) is 5.70. The quantitative estimate of drug-likeness (QED) is 0.776. The van der Waals surface area contributed by atoms with Gasteiger partial charge >= 0.3 is 5.97 Å². The minimum atomic E-state index is -0.590. The van der Waals surface area contributed by atoms with Crippen molar-refractivity contribution in [2.24, 2.45) is 5.41 Å². The molecule has 3 nitrogen and oxygen atoms in total. The van der Waals surface area contributed by atoms with Crippen LogP contribution in [0.2, 0.25) is 0 Å². The molecule has 17 heavy (non-hydrogen) atoms. The lowest BCUT2D eigenvalue weighted by molar-refractivity contribution is -0.152. The molecule has 0 aromatic rings. The third-order valence-corrected chi connectivity index (χ3v) is 4.28. The van der Waals surface area contributed by atoms with Crippen LogP contribution in [-0.2, 0) is 4.79 Å². The van der Waals surface area contributed by atoms with Gasteiger partial charge in [0.25, 0.3) is 0 Å². The third kappa shape index (κ3) is 3.70. The van der Waals surface area contributed by atoms with Gasteiger partial charge in [-0.3, -0.25) is 4.79 Å². The number of carboxylic acids is 1. The molecule has 1 fully saturated rings. The average molecular weight is 241 g/mol. The summed E-state index contributed by atoms with van der Waals surface area (Å²) in [4.78, 5) is 13.8. The molecule has 1 rings (SSSR count). The van der Waals surface area contributed by atoms with Crippen LogP contribution in [-0.4, -0.2) is 35.6 Å². The monoisotopic (exact) mass is 241 g/mol. The molecule has 0 aromatic heterocycles. The Hall–Kier alpha value is -0.570. The number of aliphatic carboxylic acids is 1. The van der Waals surface area contributed by atoms with Crippen LogP contribution in [0, 0.1) is 5.41 Å². The molecule has 0 aliphatic heterocycles. The van der Waals surface area contributed by atoms with Crippen molar-refractivity contribution in [1.29, 1.82) is 0 Å². The Bertz CT molecular complexity index is 247. The number of carboxylic acid groups (broad SMARTS) is 1. The first-order valence-electron chi connectivity index (χ1n) is 6.95. The highest BCUT2D eigenvalue weighted by atomic mass is 16.4. The molecule has 1 aliphatic rings. The summed E-state index contributed by atoms with van der Waals surface area (Å²) in [6.07, 6.45) is 7.35. The highest BCUT2D eigenvalue weighted by Crippen LogP contribution is 2.37. The third-order valence-electron chi connectivity index (χ3n) is 4.28. The average Bonchev–Trinajstić information content (AvgIpc) is 2.30. The standard InChI is InChI=1S/C14H27NO2/c1-4-8-12(2)15(3)11-14(13(16)17)9-6-5-7-10-14/h12H,4-11H2,1-3H3,(H,16,17). The van der Waals surface area contributed by atoms with Gasteiger partial charge in [-0.2, -0.15) is 0 Å². The van der Waals surface area contributed by atoms with Gasteiger partial charge in [0.05, 0.1) is 5.41 Å². The molecule has 1 atom stereocenters. The maximum absolute atomic E-state index is 11.6. The molecule has 0 saturated heterocycles. The number of hydrogen-bond acceptors (Lipinski definition) is 2. The van der Waals surface area contributed by atoms with E-state index in [1.807, 2.05) is 0 Å². The molecule has 100 valence electrons. The normalized spacial score (nSPS) is 21.4. The predicted octanol–water partition coefficient (Wildman–Crippen LogP) is 3.14. The summed E-state index contributed by atoms with van der Waals surface area (Å²) >= 11 is 0. The Kier molecular flexibility index (Phi) is 5.44. The first-order valence-corrected chi connectivity index (χ1v) is 6.95. The molecule has 1 N–H and O–H groups in total. The van der Waals surface area contributed by atoms with E-state index in [2.05, 4.69) is 25.8 Å². The van der Waals surface area contributed by atoms with Crippen molar-refractivity contribution in [1.82, 2.24) is 4.90 Å². The number of rotatable bonds is 6. The van der Waals surface area contributed by atoms with E-state index in [4.69, 9.17) is 0 Å². The Labute approximate surface area is 105 Å². The van der Waals surface area contributed by atoms with Gasteiger partial charge in [0.1, 0.15) is 0 Å². The van der Waals surface area contributed by atoms with Crippen LogP contribution in [0.25, 0.3) is 0 Å². The number of carbonyl (C=O) groups is 1. The molecule has 1 saturated carbocycles. The maximum Gasteiger partial charge on any atom is 0.310 e. The van der Waals surface area contributed by atoms with Gasteiger partial charge in [-0.15, -0.1) is 0 Å². The molecule has 1 unspecified atom stereocenters. The van der Waals surface area contributed by atoms with Gasteiger partial charge in [0, 0.05) is 12.6 Å². The fourth-order valence-electron chi connectivity index (χ4n) is 2.94. The van der Waals surface area contributed by atoms with Crippen LogP contribution < -0.4 is 0 Å². The molecular formula is C14H27NO2. The van der Waals surface area contributed by atoms with Crippen LogP contribution in [0.15, 0.2) is 0 Å². The predicted molar refractivity (Wildman–Crippen MR) is 70.2 cm³/mol. The van der Waals surface area contributed by atoms with E-state index in [0.717, 1.165) is 38.5 Å². The van der Waals surface area contributed by atoms with Gasteiger partial charge in [-0.25, -0.2) is 0 Å². The first-order chi connectivity index (χ1) is 8.02. The Morgan fingerprint density at radius 1 is 1.35 bits per heavy atom. The summed E-state index contributed by atoms with van der Waals surface area (Å²) in [5.41, 5.74) is -0.477. The Balaban J connectivity index is 2.63. The molecule has 0 heterocycles. The lowest BCUT2D eigenvalue weighted by atomic mass is 9.73. The summed E-state index contributed by atoms with van der Waals surface area (Å²) in [6.45, 7) is 5.09. The van der Waals surface area contributed by atoms with E-state index in [-0.39, 0.29) is 0 Å². The summed E-state index contributed by atoms with van der Waals surface area (Å²) in [7, 11) is 2.07. The molecule has 0 amide bonds. The van der Waals surface area contributed by atoms with Gasteiger partial charge in [-0.1, -0.05) is 32.6 Å². The lowest BCUT2D eigenvalue weighted by Crippen LogP contribution is -2.45. The number of hydrogen-bond donors (Lipinski definition) is 1. The van der Waals surface area contributed by atoms with E-state index >= 15 is 0 Å². The summed E-state index contributed by atoms with van der Waals surface area (Å²) in [6, 6.07) is 0.484. The zero-order chi connectivity index (χ0) is 12.9. The van der Waals surface area contributed by atoms with E-state index in [9.17, 15) is 9.90 Å². The zero-order valence-electron chi connectivity index (χ0n) is 11.5. The van der Waals surface area contributed by atoms with Crippen molar-refractivity contribution >= 4 is 5.97 Å². The molecule has 3 heteroatoms. The van der Waals surface area contributed by atoms with Crippen LogP contribution in [0.1, 0.15) is 58.8 Å². The summed E-state index contributed by atoms with van der Waals surface area (Å²) in [5.74, 6) is -0.590. The molecule has 0 bridgehead atoms. The van der Waals surface area contributed by atoms with Crippen molar-refractivity contribution in [3.8, 4) is 0 Å². The highest BCUT2D eigenvalue weighted by molar-refractivity contribution is 5.75. The van der Waals surface area contributed by atoms with E-state index in [1.165, 1.54) is 6.42 Å². The van der Waals surface area contributed by atoms with Crippen LogP contribution in [0.3, 0.4) is 0 Å². The molecular weight excluding hydrogens is 214 g/mol. The van der Waals surface area contributed by atoms with Gasteiger partial charge in [-0.05, 0) is 33.2 Å². The molecule has 1 aliphatic carbocycles. The zero-order valence-corrected chi connectivity index (χ0v) is 11.5. The van der Waals surface area contributed by atoms with Crippen LogP contribution >= 0.6 is 0 Å². The first kappa shape index (κ1) is 14.5. The topological polar surface area (TPSA) is 40.5 Å². The minimum absolute atomic E-state index is 0.477. The van der Waals surface area contributed by atoms with Crippen molar-refractivity contribution in [3.63, 3.8) is 0 Å². The summed E-state index contributed by atoms with van der Waals surface area (Å²) in [5, 5.41) is 9.52. The minimum Gasteiger partial charge on any atom is -0.481 e. The molecule has 0 radical (unpaired) electrons. The van der Waals surface area contributed by atoms with Crippen LogP contribution in [0.4, 0.5) is 0 Å². The SMILES string of the molecule is CCCC(C)N(C)CC1(C(=O)O)CCCCC1. The van der Waals surface area contributed by atoms with E-state index < -0.39 is 11.4 Å². The Morgan fingerprint density at radius 2 is 1.94 bits per heavy atom. The fourth-order valence-corrected chi connectivity index (χ4v) is 2.94. The highest BCUT2D eigenvalue weighted by Gasteiger charge is 2.40. The van der Waals surface area contributed by atoms with Crippen molar-refractivity contribution < 1.29 is 9.90 Å². The van der Waals surface area contributed by atoms with Gasteiger partial charge < -0.3 is 10.0 Å². The van der Waals surface area contributed by atoms with Crippen molar-refractivity contribution in [2.45, 2.75) is 64.8 Å². The maximum atomic E-state index is 11.6. The second-order valence-electron chi connectivity index (χ2n) is 5.70. The van der Waals surface area contributed by atoms with Crippen molar-refractivity contribution in [2.75, 3.05) is 13.6 Å². The second kappa shape index (κ2) is 6.39. The largest absolute Gasteiger partial charge is 0.481 e. The van der Waals surface area contributed by atoms with Gasteiger partial charge in [0.15, 0.2) is 0 Å². The lowest BCUT2D eigenvalue weighted by Gasteiger charge is -2.38. The van der Waals surface area contributed by atoms with Crippen molar-refractivity contribution in [3.05, 3.63) is 0 Å².